The van der Waals surface area contributed by atoms with E-state index in [9.17, 15) is 18.0 Å². The van der Waals surface area contributed by atoms with Gasteiger partial charge in [-0.1, -0.05) is 29.8 Å². The molecule has 0 atom stereocenters. The summed E-state index contributed by atoms with van der Waals surface area (Å²) in [5.74, 6) is 10.1. The first-order chi connectivity index (χ1) is 16.1. The zero-order valence-electron chi connectivity index (χ0n) is 18.2. The largest absolute Gasteiger partial charge is 0.494 e. The molecule has 0 aliphatic carbocycles. The first-order valence-electron chi connectivity index (χ1n) is 10.2. The van der Waals surface area contributed by atoms with Gasteiger partial charge in [-0.25, -0.2) is 10.2 Å². The van der Waals surface area contributed by atoms with Crippen molar-refractivity contribution in [1.29, 1.82) is 0 Å². The molecule has 0 spiro atoms. The van der Waals surface area contributed by atoms with E-state index in [-0.39, 0.29) is 35.7 Å². The van der Waals surface area contributed by atoms with Crippen LogP contribution >= 0.6 is 0 Å². The number of alkyl halides is 3. The standard InChI is InChI=1S/C23H23F4N5O2/c1-13-3-5-14(6-4-13)17-18(21(31-28)32-29)22(33)30-20(19(17)24)15-7-9-16(10-8-15)34-12-2-11-23(25,26)27/h3-10H,2,11-12,28-29H2,1H3,(H,30,33)(H,31,32). The maximum atomic E-state index is 15.8. The lowest BCUT2D eigenvalue weighted by molar-refractivity contribution is -0.136. The van der Waals surface area contributed by atoms with Crippen molar-refractivity contribution in [1.82, 2.24) is 10.4 Å². The molecule has 180 valence electrons. The predicted molar refractivity (Wildman–Crippen MR) is 121 cm³/mol. The Balaban J connectivity index is 2.00. The Kier molecular flexibility index (Phi) is 7.57. The van der Waals surface area contributed by atoms with E-state index < -0.39 is 24.0 Å². The molecule has 0 saturated heterocycles. The number of H-pyrrole nitrogens is 1. The van der Waals surface area contributed by atoms with Crippen LogP contribution in [0.25, 0.3) is 22.4 Å². The second kappa shape index (κ2) is 10.4. The fourth-order valence-electron chi connectivity index (χ4n) is 3.35. The van der Waals surface area contributed by atoms with Gasteiger partial charge >= 0.3 is 6.18 Å². The third kappa shape index (κ3) is 5.73. The Labute approximate surface area is 192 Å². The number of amidine groups is 1. The second-order valence-electron chi connectivity index (χ2n) is 7.47. The number of halogens is 4. The minimum absolute atomic E-state index is 0.0478. The molecule has 0 fully saturated rings. The highest BCUT2D eigenvalue weighted by atomic mass is 19.4. The predicted octanol–water partition coefficient (Wildman–Crippen LogP) is 3.96. The van der Waals surface area contributed by atoms with Gasteiger partial charge in [0, 0.05) is 17.5 Å². The number of ether oxygens (including phenoxy) is 1. The van der Waals surface area contributed by atoms with Crippen LogP contribution in [-0.4, -0.2) is 23.6 Å². The highest BCUT2D eigenvalue weighted by Gasteiger charge is 2.26. The summed E-state index contributed by atoms with van der Waals surface area (Å²) >= 11 is 0. The van der Waals surface area contributed by atoms with Gasteiger partial charge < -0.3 is 21.0 Å². The molecule has 3 aromatic rings. The van der Waals surface area contributed by atoms with Crippen molar-refractivity contribution in [2.24, 2.45) is 16.8 Å². The summed E-state index contributed by atoms with van der Waals surface area (Å²) in [5, 5.41) is 3.45. The monoisotopic (exact) mass is 477 g/mol. The smallest absolute Gasteiger partial charge is 0.389 e. The summed E-state index contributed by atoms with van der Waals surface area (Å²) in [6.45, 7) is 1.74. The van der Waals surface area contributed by atoms with Gasteiger partial charge in [0.2, 0.25) is 0 Å². The number of hydrogen-bond donors (Lipinski definition) is 4. The van der Waals surface area contributed by atoms with Crippen molar-refractivity contribution < 1.29 is 22.3 Å². The Morgan fingerprint density at radius 2 is 1.71 bits per heavy atom. The molecule has 0 aliphatic heterocycles. The second-order valence-corrected chi connectivity index (χ2v) is 7.47. The molecule has 11 heteroatoms. The molecule has 0 saturated carbocycles. The highest BCUT2D eigenvalue weighted by Crippen LogP contribution is 2.32. The Bertz CT molecular complexity index is 1220. The van der Waals surface area contributed by atoms with Gasteiger partial charge in [-0.3, -0.25) is 4.79 Å². The van der Waals surface area contributed by atoms with Crippen LogP contribution in [0.5, 0.6) is 5.75 Å². The molecule has 3 rings (SSSR count). The van der Waals surface area contributed by atoms with Gasteiger partial charge in [-0.05, 0) is 43.2 Å². The molecular weight excluding hydrogens is 454 g/mol. The van der Waals surface area contributed by atoms with Gasteiger partial charge in [-0.2, -0.15) is 18.3 Å². The van der Waals surface area contributed by atoms with Crippen molar-refractivity contribution in [2.45, 2.75) is 25.9 Å². The molecular formula is C23H23F4N5O2. The minimum Gasteiger partial charge on any atom is -0.494 e. The van der Waals surface area contributed by atoms with Crippen LogP contribution in [0.2, 0.25) is 0 Å². The topological polar surface area (TPSA) is 119 Å². The zero-order valence-corrected chi connectivity index (χ0v) is 18.2. The van der Waals surface area contributed by atoms with E-state index in [1.807, 2.05) is 6.92 Å². The molecule has 0 unspecified atom stereocenters. The number of nitrogens with zero attached hydrogens (tertiary/aromatic N) is 1. The Hall–Kier alpha value is -3.86. The van der Waals surface area contributed by atoms with Gasteiger partial charge in [0.05, 0.1) is 17.9 Å². The Morgan fingerprint density at radius 1 is 1.09 bits per heavy atom. The van der Waals surface area contributed by atoms with E-state index in [4.69, 9.17) is 16.4 Å². The maximum absolute atomic E-state index is 15.8. The highest BCUT2D eigenvalue weighted by molar-refractivity contribution is 6.04. The summed E-state index contributed by atoms with van der Waals surface area (Å²) < 4.78 is 57.9. The van der Waals surface area contributed by atoms with E-state index >= 15 is 4.39 Å². The maximum Gasteiger partial charge on any atom is 0.389 e. The molecule has 1 heterocycles. The van der Waals surface area contributed by atoms with E-state index in [1.54, 1.807) is 24.3 Å². The molecule has 6 N–H and O–H groups in total. The van der Waals surface area contributed by atoms with Crippen LogP contribution in [0.4, 0.5) is 17.6 Å². The number of hydrogen-bond acceptors (Lipinski definition) is 5. The number of hydrazone groups is 1. The van der Waals surface area contributed by atoms with Crippen LogP contribution in [0, 0.1) is 12.7 Å². The van der Waals surface area contributed by atoms with Gasteiger partial charge in [0.15, 0.2) is 11.7 Å². The summed E-state index contributed by atoms with van der Waals surface area (Å²) in [7, 11) is 0. The third-order valence-electron chi connectivity index (χ3n) is 5.01. The number of hydrazine groups is 1. The summed E-state index contributed by atoms with van der Waals surface area (Å²) in [6, 6.07) is 12.8. The number of benzene rings is 2. The first kappa shape index (κ1) is 24.8. The van der Waals surface area contributed by atoms with Crippen LogP contribution in [-0.2, 0) is 0 Å². The van der Waals surface area contributed by atoms with Gasteiger partial charge in [0.25, 0.3) is 5.56 Å². The SMILES string of the molecule is Cc1ccc(-c2c(F)c(-c3ccc(OCCCC(F)(F)F)cc3)[nH]c(=O)c2/C(=N/N)NN)cc1. The average Bonchev–Trinajstić information content (AvgIpc) is 2.80. The zero-order chi connectivity index (χ0) is 24.9. The fraction of sp³-hybridized carbons (Fsp3) is 0.217. The third-order valence-corrected chi connectivity index (χ3v) is 5.01. The summed E-state index contributed by atoms with van der Waals surface area (Å²) in [6.07, 6.45) is -5.38. The van der Waals surface area contributed by atoms with Crippen molar-refractivity contribution in [3.63, 3.8) is 0 Å². The van der Waals surface area contributed by atoms with Crippen LogP contribution < -0.4 is 27.4 Å². The summed E-state index contributed by atoms with van der Waals surface area (Å²) in [5.41, 5.74) is 2.89. The number of nitrogens with one attached hydrogen (secondary N) is 2. The lowest BCUT2D eigenvalue weighted by Gasteiger charge is -2.15. The van der Waals surface area contributed by atoms with E-state index in [0.29, 0.717) is 16.9 Å². The summed E-state index contributed by atoms with van der Waals surface area (Å²) in [4.78, 5) is 15.4. The lowest BCUT2D eigenvalue weighted by atomic mass is 9.96. The van der Waals surface area contributed by atoms with E-state index in [0.717, 1.165) is 5.56 Å². The quantitative estimate of drug-likeness (QED) is 0.103. The van der Waals surface area contributed by atoms with E-state index in [1.165, 1.54) is 24.3 Å². The number of aromatic nitrogens is 1. The lowest BCUT2D eigenvalue weighted by Crippen LogP contribution is -2.37. The number of aromatic amines is 1. The molecule has 0 amide bonds. The number of rotatable bonds is 7. The molecule has 1 aromatic heterocycles. The number of nitrogens with two attached hydrogens (primary N) is 2. The number of aryl methyl sites for hydroxylation is 1. The first-order valence-corrected chi connectivity index (χ1v) is 10.2. The normalized spacial score (nSPS) is 12.0. The Morgan fingerprint density at radius 3 is 2.26 bits per heavy atom. The van der Waals surface area contributed by atoms with Crippen molar-refractivity contribution >= 4 is 5.84 Å². The molecule has 0 bridgehead atoms. The van der Waals surface area contributed by atoms with Crippen LogP contribution in [0.1, 0.15) is 24.0 Å². The molecule has 0 radical (unpaired) electrons. The fourth-order valence-corrected chi connectivity index (χ4v) is 3.35. The molecule has 2 aromatic carbocycles. The van der Waals surface area contributed by atoms with Crippen molar-refractivity contribution in [3.8, 4) is 28.1 Å². The molecule has 7 nitrogen and oxygen atoms in total. The average molecular weight is 477 g/mol. The molecule has 0 aliphatic rings. The van der Waals surface area contributed by atoms with Crippen LogP contribution in [0.15, 0.2) is 58.4 Å². The van der Waals surface area contributed by atoms with Gasteiger partial charge in [-0.15, -0.1) is 0 Å². The van der Waals surface area contributed by atoms with E-state index in [2.05, 4.69) is 15.5 Å². The molecule has 34 heavy (non-hydrogen) atoms. The number of pyridine rings is 1. The van der Waals surface area contributed by atoms with Crippen molar-refractivity contribution in [2.75, 3.05) is 6.61 Å². The van der Waals surface area contributed by atoms with Crippen LogP contribution in [0.3, 0.4) is 0 Å². The van der Waals surface area contributed by atoms with Gasteiger partial charge in [0.1, 0.15) is 5.75 Å². The minimum atomic E-state index is -4.24. The van der Waals surface area contributed by atoms with Crippen molar-refractivity contribution in [3.05, 3.63) is 75.8 Å².